The number of carbonyl (C=O) groups is 1. The summed E-state index contributed by atoms with van der Waals surface area (Å²) in [6.07, 6.45) is 0.973. The zero-order valence-electron chi connectivity index (χ0n) is 8.76. The molecule has 0 saturated carbocycles. The molecule has 0 bridgehead atoms. The highest BCUT2D eigenvalue weighted by Crippen LogP contribution is 2.13. The third-order valence-electron chi connectivity index (χ3n) is 1.24. The summed E-state index contributed by atoms with van der Waals surface area (Å²) in [6, 6.07) is 0. The number of ether oxygens (including phenoxy) is 2. The van der Waals surface area contributed by atoms with Gasteiger partial charge in [0.05, 0.1) is 13.2 Å². The van der Waals surface area contributed by atoms with Crippen molar-refractivity contribution in [2.75, 3.05) is 13.2 Å². The SMILES string of the molecule is [CH2]CCCOC(=O)OCC(C)(C)C. The Hall–Kier alpha value is -0.730. The van der Waals surface area contributed by atoms with Crippen LogP contribution in [0.1, 0.15) is 33.6 Å². The van der Waals surface area contributed by atoms with Gasteiger partial charge in [-0.2, -0.15) is 0 Å². The molecule has 0 aromatic rings. The van der Waals surface area contributed by atoms with Crippen LogP contribution in [-0.2, 0) is 9.47 Å². The van der Waals surface area contributed by atoms with Gasteiger partial charge in [-0.25, -0.2) is 4.79 Å². The molecule has 0 aliphatic carbocycles. The lowest BCUT2D eigenvalue weighted by atomic mass is 9.99. The van der Waals surface area contributed by atoms with E-state index in [0.717, 1.165) is 12.8 Å². The molecule has 0 rings (SSSR count). The third kappa shape index (κ3) is 9.18. The lowest BCUT2D eigenvalue weighted by Crippen LogP contribution is -2.19. The minimum atomic E-state index is -0.580. The summed E-state index contributed by atoms with van der Waals surface area (Å²) >= 11 is 0. The summed E-state index contributed by atoms with van der Waals surface area (Å²) in [7, 11) is 0. The summed E-state index contributed by atoms with van der Waals surface area (Å²) in [5, 5.41) is 0. The number of hydrogen-bond acceptors (Lipinski definition) is 3. The molecule has 0 heterocycles. The second-order valence-corrected chi connectivity index (χ2v) is 4.15. The number of hydrogen-bond donors (Lipinski definition) is 0. The van der Waals surface area contributed by atoms with Crippen molar-refractivity contribution in [3.63, 3.8) is 0 Å². The largest absolute Gasteiger partial charge is 0.508 e. The Morgan fingerprint density at radius 3 is 2.38 bits per heavy atom. The first-order chi connectivity index (χ1) is 5.95. The Labute approximate surface area is 80.4 Å². The van der Waals surface area contributed by atoms with Crippen LogP contribution in [-0.4, -0.2) is 19.4 Å². The van der Waals surface area contributed by atoms with E-state index in [2.05, 4.69) is 6.92 Å². The highest BCUT2D eigenvalue weighted by Gasteiger charge is 2.13. The molecule has 0 aliphatic heterocycles. The average molecular weight is 187 g/mol. The number of carbonyl (C=O) groups excluding carboxylic acids is 1. The van der Waals surface area contributed by atoms with Crippen LogP contribution in [0.5, 0.6) is 0 Å². The number of unbranched alkanes of at least 4 members (excludes halogenated alkanes) is 1. The van der Waals surface area contributed by atoms with Gasteiger partial charge in [0.1, 0.15) is 0 Å². The van der Waals surface area contributed by atoms with Gasteiger partial charge in [-0.1, -0.05) is 34.1 Å². The summed E-state index contributed by atoms with van der Waals surface area (Å²) in [6.45, 7) is 10.4. The van der Waals surface area contributed by atoms with Crippen LogP contribution in [0, 0.1) is 12.3 Å². The monoisotopic (exact) mass is 187 g/mol. The van der Waals surface area contributed by atoms with Gasteiger partial charge in [-0.3, -0.25) is 0 Å². The Morgan fingerprint density at radius 2 is 1.92 bits per heavy atom. The lowest BCUT2D eigenvalue weighted by Gasteiger charge is -2.17. The fourth-order valence-electron chi connectivity index (χ4n) is 0.575. The molecule has 3 heteroatoms. The first-order valence-corrected chi connectivity index (χ1v) is 4.54. The number of rotatable bonds is 4. The van der Waals surface area contributed by atoms with Gasteiger partial charge in [0, 0.05) is 0 Å². The molecule has 1 radical (unpaired) electrons. The van der Waals surface area contributed by atoms with E-state index in [1.165, 1.54) is 0 Å². The molecule has 0 spiro atoms. The molecule has 0 N–H and O–H groups in total. The van der Waals surface area contributed by atoms with Crippen molar-refractivity contribution >= 4 is 6.16 Å². The average Bonchev–Trinajstić information content (AvgIpc) is 2.00. The fourth-order valence-corrected chi connectivity index (χ4v) is 0.575. The van der Waals surface area contributed by atoms with Crippen LogP contribution in [0.3, 0.4) is 0 Å². The van der Waals surface area contributed by atoms with E-state index < -0.39 is 6.16 Å². The van der Waals surface area contributed by atoms with Crippen LogP contribution in [0.2, 0.25) is 0 Å². The summed E-state index contributed by atoms with van der Waals surface area (Å²) in [5.74, 6) is 0. The molecule has 3 nitrogen and oxygen atoms in total. The minimum Gasteiger partial charge on any atom is -0.434 e. The Morgan fingerprint density at radius 1 is 1.31 bits per heavy atom. The van der Waals surface area contributed by atoms with E-state index >= 15 is 0 Å². The lowest BCUT2D eigenvalue weighted by molar-refractivity contribution is 0.0328. The summed E-state index contributed by atoms with van der Waals surface area (Å²) in [5.41, 5.74) is -0.00860. The van der Waals surface area contributed by atoms with Crippen LogP contribution in [0.15, 0.2) is 0 Å². The second-order valence-electron chi connectivity index (χ2n) is 4.15. The summed E-state index contributed by atoms with van der Waals surface area (Å²) in [4.78, 5) is 10.9. The maximum absolute atomic E-state index is 10.9. The van der Waals surface area contributed by atoms with Crippen molar-refractivity contribution in [1.82, 2.24) is 0 Å². The highest BCUT2D eigenvalue weighted by molar-refractivity contribution is 5.59. The Kier molecular flexibility index (Phi) is 5.51. The van der Waals surface area contributed by atoms with Crippen LogP contribution in [0.4, 0.5) is 4.79 Å². The topological polar surface area (TPSA) is 35.5 Å². The predicted molar refractivity (Wildman–Crippen MR) is 51.3 cm³/mol. The molecule has 0 saturated heterocycles. The van der Waals surface area contributed by atoms with E-state index in [1.54, 1.807) is 0 Å². The van der Waals surface area contributed by atoms with E-state index in [1.807, 2.05) is 20.8 Å². The van der Waals surface area contributed by atoms with E-state index in [9.17, 15) is 4.79 Å². The molecule has 13 heavy (non-hydrogen) atoms. The Bertz CT molecular complexity index is 147. The van der Waals surface area contributed by atoms with Gasteiger partial charge in [0.15, 0.2) is 0 Å². The maximum Gasteiger partial charge on any atom is 0.508 e. The highest BCUT2D eigenvalue weighted by atomic mass is 16.7. The normalized spacial score (nSPS) is 11.1. The Balaban J connectivity index is 3.41. The van der Waals surface area contributed by atoms with Crippen molar-refractivity contribution in [2.24, 2.45) is 5.41 Å². The standard InChI is InChI=1S/C10H19O3/c1-5-6-7-12-9(11)13-8-10(2,3)4/h1,5-8H2,2-4H3. The third-order valence-corrected chi connectivity index (χ3v) is 1.24. The molecular formula is C10H19O3. The molecule has 0 atom stereocenters. The van der Waals surface area contributed by atoms with Crippen molar-refractivity contribution < 1.29 is 14.3 Å². The van der Waals surface area contributed by atoms with Gasteiger partial charge >= 0.3 is 6.16 Å². The maximum atomic E-state index is 10.9. The quantitative estimate of drug-likeness (QED) is 0.501. The van der Waals surface area contributed by atoms with E-state index in [0.29, 0.717) is 13.2 Å². The van der Waals surface area contributed by atoms with Gasteiger partial charge < -0.3 is 9.47 Å². The van der Waals surface area contributed by atoms with Gasteiger partial charge in [0.25, 0.3) is 0 Å². The first kappa shape index (κ1) is 12.3. The molecule has 0 fully saturated rings. The summed E-state index contributed by atoms with van der Waals surface area (Å²) < 4.78 is 9.65. The molecule has 77 valence electrons. The van der Waals surface area contributed by atoms with Gasteiger partial charge in [0.2, 0.25) is 0 Å². The van der Waals surface area contributed by atoms with Crippen LogP contribution in [0.25, 0.3) is 0 Å². The van der Waals surface area contributed by atoms with Crippen LogP contribution < -0.4 is 0 Å². The zero-order chi connectivity index (χ0) is 10.3. The first-order valence-electron chi connectivity index (χ1n) is 4.54. The van der Waals surface area contributed by atoms with Crippen LogP contribution >= 0.6 is 0 Å². The second kappa shape index (κ2) is 5.84. The molecule has 0 aromatic heterocycles. The predicted octanol–water partition coefficient (Wildman–Crippen LogP) is 2.80. The molecule has 0 amide bonds. The van der Waals surface area contributed by atoms with E-state index in [-0.39, 0.29) is 5.41 Å². The fraction of sp³-hybridized carbons (Fsp3) is 0.800. The van der Waals surface area contributed by atoms with Crippen molar-refractivity contribution in [2.45, 2.75) is 33.6 Å². The van der Waals surface area contributed by atoms with Gasteiger partial charge in [-0.15, -0.1) is 0 Å². The molecular weight excluding hydrogens is 168 g/mol. The van der Waals surface area contributed by atoms with Crippen molar-refractivity contribution in [3.05, 3.63) is 6.92 Å². The van der Waals surface area contributed by atoms with Crippen molar-refractivity contribution in [3.8, 4) is 0 Å². The van der Waals surface area contributed by atoms with Gasteiger partial charge in [-0.05, 0) is 11.8 Å². The van der Waals surface area contributed by atoms with Crippen molar-refractivity contribution in [1.29, 1.82) is 0 Å². The van der Waals surface area contributed by atoms with E-state index in [4.69, 9.17) is 9.47 Å². The molecule has 0 aromatic carbocycles. The zero-order valence-corrected chi connectivity index (χ0v) is 8.76. The smallest absolute Gasteiger partial charge is 0.434 e. The minimum absolute atomic E-state index is 0.00860. The molecule has 0 unspecified atom stereocenters. The molecule has 0 aliphatic rings.